The van der Waals surface area contributed by atoms with E-state index < -0.39 is 0 Å². The summed E-state index contributed by atoms with van der Waals surface area (Å²) in [5, 5.41) is 13.2. The van der Waals surface area contributed by atoms with Gasteiger partial charge in [0.25, 0.3) is 0 Å². The predicted molar refractivity (Wildman–Crippen MR) is 121 cm³/mol. The van der Waals surface area contributed by atoms with Gasteiger partial charge in [-0.1, -0.05) is 71.9 Å². The van der Waals surface area contributed by atoms with Gasteiger partial charge in [-0.2, -0.15) is 0 Å². The summed E-state index contributed by atoms with van der Waals surface area (Å²) in [5.74, 6) is 1.69. The lowest BCUT2D eigenvalue weighted by Gasteiger charge is -2.20. The van der Waals surface area contributed by atoms with Gasteiger partial charge in [0.1, 0.15) is 5.82 Å². The molecule has 1 saturated carbocycles. The predicted octanol–water partition coefficient (Wildman–Crippen LogP) is 4.99. The number of thioether (sulfide) groups is 1. The number of benzene rings is 2. The third-order valence-corrected chi connectivity index (χ3v) is 6.19. The molecular formula is C23H23ClN4OS. The van der Waals surface area contributed by atoms with Gasteiger partial charge in [0, 0.05) is 17.5 Å². The van der Waals surface area contributed by atoms with Crippen molar-refractivity contribution in [2.24, 2.45) is 0 Å². The molecule has 1 aromatic heterocycles. The van der Waals surface area contributed by atoms with Gasteiger partial charge in [-0.15, -0.1) is 16.8 Å². The van der Waals surface area contributed by atoms with Gasteiger partial charge in [0.05, 0.1) is 11.8 Å². The van der Waals surface area contributed by atoms with E-state index in [0.29, 0.717) is 17.5 Å². The summed E-state index contributed by atoms with van der Waals surface area (Å²) in [4.78, 5) is 12.8. The Labute approximate surface area is 185 Å². The number of halogens is 1. The number of hydrogen-bond donors (Lipinski definition) is 1. The van der Waals surface area contributed by atoms with Crippen molar-refractivity contribution in [3.8, 4) is 0 Å². The van der Waals surface area contributed by atoms with E-state index in [1.54, 1.807) is 0 Å². The molecule has 3 aromatic rings. The van der Waals surface area contributed by atoms with Crippen LogP contribution in [-0.4, -0.2) is 26.4 Å². The summed E-state index contributed by atoms with van der Waals surface area (Å²) in [6.07, 6.45) is 4.14. The smallest absolute Gasteiger partial charge is 0.231 e. The fourth-order valence-corrected chi connectivity index (χ4v) is 4.24. The molecule has 154 valence electrons. The molecule has 7 heteroatoms. The molecule has 1 aliphatic carbocycles. The molecule has 30 heavy (non-hydrogen) atoms. The highest BCUT2D eigenvalue weighted by Gasteiger charge is 2.30. The minimum absolute atomic E-state index is 0.0649. The van der Waals surface area contributed by atoms with Crippen LogP contribution in [-0.2, 0) is 11.3 Å². The first-order chi connectivity index (χ1) is 14.7. The van der Waals surface area contributed by atoms with Crippen LogP contribution in [0.2, 0.25) is 5.02 Å². The lowest BCUT2D eigenvalue weighted by atomic mass is 9.99. The molecule has 0 spiro atoms. The second kappa shape index (κ2) is 9.49. The van der Waals surface area contributed by atoms with Crippen LogP contribution in [0.15, 0.2) is 72.4 Å². The van der Waals surface area contributed by atoms with E-state index >= 15 is 0 Å². The normalized spacial score (nSPS) is 14.3. The quantitative estimate of drug-likeness (QED) is 0.377. The van der Waals surface area contributed by atoms with Crippen LogP contribution < -0.4 is 5.32 Å². The van der Waals surface area contributed by atoms with E-state index in [9.17, 15) is 4.79 Å². The van der Waals surface area contributed by atoms with Gasteiger partial charge in [-0.25, -0.2) is 0 Å². The third kappa shape index (κ3) is 4.94. The first-order valence-corrected chi connectivity index (χ1v) is 11.3. The number of nitrogens with zero attached hydrogens (tertiary/aromatic N) is 3. The molecule has 0 bridgehead atoms. The first kappa shape index (κ1) is 20.7. The maximum absolute atomic E-state index is 12.8. The molecule has 1 aliphatic rings. The summed E-state index contributed by atoms with van der Waals surface area (Å²) < 4.78 is 2.07. The molecule has 1 amide bonds. The van der Waals surface area contributed by atoms with Crippen LogP contribution in [0, 0.1) is 0 Å². The summed E-state index contributed by atoms with van der Waals surface area (Å²) in [5.41, 5.74) is 2.00. The molecule has 0 radical (unpaired) electrons. The summed E-state index contributed by atoms with van der Waals surface area (Å²) >= 11 is 7.45. The molecule has 4 rings (SSSR count). The van der Waals surface area contributed by atoms with E-state index in [0.717, 1.165) is 34.9 Å². The Bertz CT molecular complexity index is 1020. The molecule has 0 unspecified atom stereocenters. The Morgan fingerprint density at radius 1 is 1.17 bits per heavy atom. The first-order valence-electron chi connectivity index (χ1n) is 9.92. The highest BCUT2D eigenvalue weighted by molar-refractivity contribution is 7.99. The fraction of sp³-hybridized carbons (Fsp3) is 0.261. The van der Waals surface area contributed by atoms with Crippen molar-refractivity contribution in [2.45, 2.75) is 36.5 Å². The number of carbonyl (C=O) groups excluding carboxylic acids is 1. The van der Waals surface area contributed by atoms with Gasteiger partial charge < -0.3 is 9.88 Å². The average molecular weight is 439 g/mol. The van der Waals surface area contributed by atoms with Crippen molar-refractivity contribution in [1.29, 1.82) is 0 Å². The molecule has 1 fully saturated rings. The van der Waals surface area contributed by atoms with E-state index in [4.69, 9.17) is 11.6 Å². The van der Waals surface area contributed by atoms with Crippen LogP contribution in [0.4, 0.5) is 0 Å². The van der Waals surface area contributed by atoms with Crippen LogP contribution in [0.1, 0.15) is 41.8 Å². The van der Waals surface area contributed by atoms with Crippen LogP contribution in [0.25, 0.3) is 0 Å². The molecule has 1 heterocycles. The standard InChI is InChI=1S/C23H23ClN4OS/c1-2-14-28-22(18-8-9-18)26-27-23(28)30-15-20(29)25-21(16-6-4-3-5-7-16)17-10-12-19(24)13-11-17/h2-7,10-13,18,21H,1,8-9,14-15H2,(H,25,29)/t21-/m1/s1. The number of rotatable bonds is 9. The summed E-state index contributed by atoms with van der Waals surface area (Å²) in [6.45, 7) is 4.48. The highest BCUT2D eigenvalue weighted by Crippen LogP contribution is 2.40. The van der Waals surface area contributed by atoms with Crippen LogP contribution >= 0.6 is 23.4 Å². The van der Waals surface area contributed by atoms with Crippen molar-refractivity contribution in [3.63, 3.8) is 0 Å². The minimum atomic E-state index is -0.246. The van der Waals surface area contributed by atoms with Crippen molar-refractivity contribution < 1.29 is 4.79 Å². The van der Waals surface area contributed by atoms with Crippen LogP contribution in [0.3, 0.4) is 0 Å². The lowest BCUT2D eigenvalue weighted by Crippen LogP contribution is -2.30. The fourth-order valence-electron chi connectivity index (χ4n) is 3.34. The topological polar surface area (TPSA) is 59.8 Å². The number of amides is 1. The maximum Gasteiger partial charge on any atom is 0.231 e. The van der Waals surface area contributed by atoms with Gasteiger partial charge in [0.15, 0.2) is 5.16 Å². The minimum Gasteiger partial charge on any atom is -0.344 e. The Hall–Kier alpha value is -2.57. The number of carbonyl (C=O) groups is 1. The van der Waals surface area contributed by atoms with E-state index in [-0.39, 0.29) is 17.7 Å². The molecule has 0 aliphatic heterocycles. The summed E-state index contributed by atoms with van der Waals surface area (Å²) in [6, 6.07) is 17.2. The largest absolute Gasteiger partial charge is 0.344 e. The van der Waals surface area contributed by atoms with Crippen molar-refractivity contribution >= 4 is 29.3 Å². The molecule has 1 N–H and O–H groups in total. The van der Waals surface area contributed by atoms with Gasteiger partial charge >= 0.3 is 0 Å². The van der Waals surface area contributed by atoms with E-state index in [1.165, 1.54) is 11.8 Å². The number of allylic oxidation sites excluding steroid dienone is 1. The molecular weight excluding hydrogens is 416 g/mol. The van der Waals surface area contributed by atoms with Crippen molar-refractivity contribution in [2.75, 3.05) is 5.75 Å². The average Bonchev–Trinajstić information content (AvgIpc) is 3.53. The van der Waals surface area contributed by atoms with Gasteiger partial charge in [-0.3, -0.25) is 4.79 Å². The third-order valence-electron chi connectivity index (χ3n) is 4.97. The highest BCUT2D eigenvalue weighted by atomic mass is 35.5. The molecule has 5 nitrogen and oxygen atoms in total. The second-order valence-electron chi connectivity index (χ2n) is 7.27. The van der Waals surface area contributed by atoms with Crippen molar-refractivity contribution in [1.82, 2.24) is 20.1 Å². The number of aromatic nitrogens is 3. The zero-order chi connectivity index (χ0) is 20.9. The number of hydrogen-bond acceptors (Lipinski definition) is 4. The monoisotopic (exact) mass is 438 g/mol. The molecule has 2 aromatic carbocycles. The van der Waals surface area contributed by atoms with Crippen LogP contribution in [0.5, 0.6) is 0 Å². The molecule has 0 saturated heterocycles. The van der Waals surface area contributed by atoms with Crippen molar-refractivity contribution in [3.05, 3.63) is 89.2 Å². The molecule has 1 atom stereocenters. The van der Waals surface area contributed by atoms with Gasteiger partial charge in [-0.05, 0) is 36.1 Å². The SMILES string of the molecule is C=CCn1c(SCC(=O)N[C@H](c2ccccc2)c2ccc(Cl)cc2)nnc1C1CC1. The maximum atomic E-state index is 12.8. The lowest BCUT2D eigenvalue weighted by molar-refractivity contribution is -0.119. The Kier molecular flexibility index (Phi) is 6.55. The Balaban J connectivity index is 1.47. The van der Waals surface area contributed by atoms with E-state index in [2.05, 4.69) is 26.7 Å². The second-order valence-corrected chi connectivity index (χ2v) is 8.64. The number of nitrogens with one attached hydrogen (secondary N) is 1. The van der Waals surface area contributed by atoms with Gasteiger partial charge in [0.2, 0.25) is 5.91 Å². The zero-order valence-corrected chi connectivity index (χ0v) is 18.1. The van der Waals surface area contributed by atoms with E-state index in [1.807, 2.05) is 60.7 Å². The summed E-state index contributed by atoms with van der Waals surface area (Å²) in [7, 11) is 0. The Morgan fingerprint density at radius 2 is 1.87 bits per heavy atom. The zero-order valence-electron chi connectivity index (χ0n) is 16.5. The Morgan fingerprint density at radius 3 is 2.53 bits per heavy atom.